The lowest BCUT2D eigenvalue weighted by atomic mass is 9.89. The number of fused-ring (bicyclic) bond motifs is 1. The number of nitrogens with one attached hydrogen (secondary N) is 1. The van der Waals surface area contributed by atoms with Crippen LogP contribution in [0.1, 0.15) is 44.6 Å². The van der Waals surface area contributed by atoms with Gasteiger partial charge in [-0.3, -0.25) is 4.79 Å². The van der Waals surface area contributed by atoms with E-state index in [1.54, 1.807) is 0 Å². The first kappa shape index (κ1) is 13.9. The molecule has 1 atom stereocenters. The number of carbonyl (C=O) groups excluding carboxylic acids is 1. The third-order valence-corrected chi connectivity index (χ3v) is 3.68. The van der Waals surface area contributed by atoms with E-state index in [1.807, 2.05) is 17.0 Å². The van der Waals surface area contributed by atoms with Crippen molar-refractivity contribution in [3.05, 3.63) is 29.8 Å². The van der Waals surface area contributed by atoms with Gasteiger partial charge in [0.25, 0.3) is 0 Å². The molecular weight excluding hydrogens is 236 g/mol. The summed E-state index contributed by atoms with van der Waals surface area (Å²) < 4.78 is 0. The van der Waals surface area contributed by atoms with Gasteiger partial charge in [0, 0.05) is 25.3 Å². The molecule has 19 heavy (non-hydrogen) atoms. The lowest BCUT2D eigenvalue weighted by Crippen LogP contribution is -2.38. The van der Waals surface area contributed by atoms with E-state index in [1.165, 1.54) is 0 Å². The van der Waals surface area contributed by atoms with Crippen molar-refractivity contribution in [2.45, 2.75) is 39.0 Å². The van der Waals surface area contributed by atoms with Crippen molar-refractivity contribution in [3.8, 4) is 0 Å². The lowest BCUT2D eigenvalue weighted by molar-refractivity contribution is -0.133. The van der Waals surface area contributed by atoms with E-state index in [0.717, 1.165) is 50.1 Å². The lowest BCUT2D eigenvalue weighted by Gasteiger charge is -2.31. The topological polar surface area (TPSA) is 32.3 Å². The summed E-state index contributed by atoms with van der Waals surface area (Å²) in [6, 6.07) is 8.20. The molecule has 0 radical (unpaired) electrons. The Labute approximate surface area is 116 Å². The molecule has 3 nitrogen and oxygen atoms in total. The van der Waals surface area contributed by atoms with Crippen LogP contribution in [0.15, 0.2) is 24.3 Å². The zero-order valence-corrected chi connectivity index (χ0v) is 12.0. The van der Waals surface area contributed by atoms with Gasteiger partial charge in [-0.15, -0.1) is 0 Å². The smallest absolute Gasteiger partial charge is 0.230 e. The van der Waals surface area contributed by atoms with Gasteiger partial charge in [0.15, 0.2) is 0 Å². The van der Waals surface area contributed by atoms with Crippen molar-refractivity contribution < 1.29 is 4.79 Å². The molecule has 0 saturated heterocycles. The van der Waals surface area contributed by atoms with E-state index in [0.29, 0.717) is 5.91 Å². The molecule has 1 aromatic rings. The van der Waals surface area contributed by atoms with Crippen molar-refractivity contribution in [1.82, 2.24) is 4.90 Å². The van der Waals surface area contributed by atoms with E-state index >= 15 is 0 Å². The molecule has 0 fully saturated rings. The average molecular weight is 260 g/mol. The van der Waals surface area contributed by atoms with Gasteiger partial charge in [-0.25, -0.2) is 0 Å². The Hall–Kier alpha value is -1.51. The summed E-state index contributed by atoms with van der Waals surface area (Å²) in [5.41, 5.74) is 2.29. The van der Waals surface area contributed by atoms with E-state index in [4.69, 9.17) is 0 Å². The summed E-state index contributed by atoms with van der Waals surface area (Å²) in [7, 11) is 0. The zero-order chi connectivity index (χ0) is 13.7. The average Bonchev–Trinajstić information content (AvgIpc) is 2.46. The molecule has 3 heteroatoms. The molecule has 1 aromatic carbocycles. The second-order valence-corrected chi connectivity index (χ2v) is 5.18. The van der Waals surface area contributed by atoms with Crippen molar-refractivity contribution in [2.75, 3.05) is 25.0 Å². The Balaban J connectivity index is 2.19. The fourth-order valence-electron chi connectivity index (χ4n) is 2.82. The molecule has 0 aliphatic carbocycles. The first-order valence-electron chi connectivity index (χ1n) is 7.39. The molecule has 1 amide bonds. The second-order valence-electron chi connectivity index (χ2n) is 5.18. The minimum Gasteiger partial charge on any atom is -0.385 e. The van der Waals surface area contributed by atoms with Crippen molar-refractivity contribution >= 4 is 11.6 Å². The summed E-state index contributed by atoms with van der Waals surface area (Å²) in [4.78, 5) is 14.8. The van der Waals surface area contributed by atoms with Crippen LogP contribution in [0.25, 0.3) is 0 Å². The zero-order valence-electron chi connectivity index (χ0n) is 12.0. The van der Waals surface area contributed by atoms with Gasteiger partial charge < -0.3 is 10.2 Å². The third-order valence-electron chi connectivity index (χ3n) is 3.68. The maximum atomic E-state index is 12.7. The molecular formula is C16H24N2O. The Morgan fingerprint density at radius 3 is 2.63 bits per heavy atom. The summed E-state index contributed by atoms with van der Waals surface area (Å²) >= 11 is 0. The normalized spacial score (nSPS) is 17.5. The number of anilines is 1. The Bertz CT molecular complexity index is 425. The predicted molar refractivity (Wildman–Crippen MR) is 79.5 cm³/mol. The molecule has 1 heterocycles. The van der Waals surface area contributed by atoms with E-state index in [-0.39, 0.29) is 5.92 Å². The van der Waals surface area contributed by atoms with Crippen LogP contribution in [0.2, 0.25) is 0 Å². The van der Waals surface area contributed by atoms with E-state index in [2.05, 4.69) is 31.3 Å². The summed E-state index contributed by atoms with van der Waals surface area (Å²) in [6.07, 6.45) is 2.95. The number of para-hydroxylation sites is 1. The quantitative estimate of drug-likeness (QED) is 0.881. The number of nitrogens with zero attached hydrogens (tertiary/aromatic N) is 1. The number of hydrogen-bond donors (Lipinski definition) is 1. The molecule has 1 aliphatic heterocycles. The van der Waals surface area contributed by atoms with E-state index < -0.39 is 0 Å². The molecule has 104 valence electrons. The molecule has 2 rings (SSSR count). The predicted octanol–water partition coefficient (Wildman–Crippen LogP) is 3.23. The molecule has 0 saturated carbocycles. The summed E-state index contributed by atoms with van der Waals surface area (Å²) in [6.45, 7) is 6.90. The van der Waals surface area contributed by atoms with Crippen LogP contribution >= 0.6 is 0 Å². The van der Waals surface area contributed by atoms with Crippen LogP contribution in [0.4, 0.5) is 5.69 Å². The number of benzene rings is 1. The van der Waals surface area contributed by atoms with Crippen LogP contribution in [-0.2, 0) is 4.79 Å². The third kappa shape index (κ3) is 3.09. The maximum absolute atomic E-state index is 12.7. The molecule has 1 N–H and O–H groups in total. The van der Waals surface area contributed by atoms with Gasteiger partial charge >= 0.3 is 0 Å². The van der Waals surface area contributed by atoms with Crippen LogP contribution in [0, 0.1) is 0 Å². The SMILES string of the molecule is CCCN(CCC)C(=O)C1CCNc2ccccc21. The maximum Gasteiger partial charge on any atom is 0.230 e. The number of amides is 1. The first-order valence-corrected chi connectivity index (χ1v) is 7.39. The Morgan fingerprint density at radius 1 is 1.26 bits per heavy atom. The minimum absolute atomic E-state index is 0.0375. The fraction of sp³-hybridized carbons (Fsp3) is 0.562. The number of rotatable bonds is 5. The summed E-state index contributed by atoms with van der Waals surface area (Å²) in [5, 5.41) is 3.38. The van der Waals surface area contributed by atoms with Gasteiger partial charge in [0.1, 0.15) is 0 Å². The molecule has 1 unspecified atom stereocenters. The van der Waals surface area contributed by atoms with Crippen LogP contribution in [0.3, 0.4) is 0 Å². The van der Waals surface area contributed by atoms with E-state index in [9.17, 15) is 4.79 Å². The Kier molecular flexibility index (Phi) is 4.83. The number of hydrogen-bond acceptors (Lipinski definition) is 2. The largest absolute Gasteiger partial charge is 0.385 e. The monoisotopic (exact) mass is 260 g/mol. The fourth-order valence-corrected chi connectivity index (χ4v) is 2.82. The van der Waals surface area contributed by atoms with Crippen LogP contribution in [0.5, 0.6) is 0 Å². The number of carbonyl (C=O) groups is 1. The van der Waals surface area contributed by atoms with Gasteiger partial charge in [0.2, 0.25) is 5.91 Å². The van der Waals surface area contributed by atoms with Crippen molar-refractivity contribution in [1.29, 1.82) is 0 Å². The highest BCUT2D eigenvalue weighted by atomic mass is 16.2. The molecule has 1 aliphatic rings. The van der Waals surface area contributed by atoms with Gasteiger partial charge in [-0.2, -0.15) is 0 Å². The summed E-state index contributed by atoms with van der Waals surface area (Å²) in [5.74, 6) is 0.341. The Morgan fingerprint density at radius 2 is 1.95 bits per heavy atom. The van der Waals surface area contributed by atoms with Gasteiger partial charge in [-0.1, -0.05) is 32.0 Å². The molecule has 0 bridgehead atoms. The second kappa shape index (κ2) is 6.60. The van der Waals surface area contributed by atoms with Crippen LogP contribution < -0.4 is 5.32 Å². The van der Waals surface area contributed by atoms with Gasteiger partial charge in [0.05, 0.1) is 5.92 Å². The molecule has 0 aromatic heterocycles. The highest BCUT2D eigenvalue weighted by molar-refractivity contribution is 5.86. The van der Waals surface area contributed by atoms with Crippen molar-refractivity contribution in [2.24, 2.45) is 0 Å². The van der Waals surface area contributed by atoms with Crippen molar-refractivity contribution in [3.63, 3.8) is 0 Å². The van der Waals surface area contributed by atoms with Crippen LogP contribution in [-0.4, -0.2) is 30.4 Å². The highest BCUT2D eigenvalue weighted by Gasteiger charge is 2.29. The molecule has 0 spiro atoms. The first-order chi connectivity index (χ1) is 9.27. The van der Waals surface area contributed by atoms with Gasteiger partial charge in [-0.05, 0) is 30.9 Å². The minimum atomic E-state index is 0.0375. The standard InChI is InChI=1S/C16H24N2O/c1-3-11-18(12-4-2)16(19)14-9-10-17-15-8-6-5-7-13(14)15/h5-8,14,17H,3-4,9-12H2,1-2H3. The highest BCUT2D eigenvalue weighted by Crippen LogP contribution is 2.32.